The quantitative estimate of drug-likeness (QED) is 0.489. The SMILES string of the molecule is CSc1nc(Cl)cc(N(C)Cc2cccnc2)n1. The topological polar surface area (TPSA) is 41.9 Å². The van der Waals surface area contributed by atoms with Crippen LogP contribution in [0, 0.1) is 0 Å². The van der Waals surface area contributed by atoms with Gasteiger partial charge in [0.1, 0.15) is 11.0 Å². The molecule has 94 valence electrons. The molecule has 0 saturated heterocycles. The molecule has 6 heteroatoms. The number of hydrogen-bond donors (Lipinski definition) is 0. The summed E-state index contributed by atoms with van der Waals surface area (Å²) in [5, 5.41) is 1.14. The lowest BCUT2D eigenvalue weighted by Crippen LogP contribution is -2.18. The maximum Gasteiger partial charge on any atom is 0.190 e. The molecule has 18 heavy (non-hydrogen) atoms. The summed E-state index contributed by atoms with van der Waals surface area (Å²) < 4.78 is 0. The summed E-state index contributed by atoms with van der Waals surface area (Å²) in [5.74, 6) is 0.809. The van der Waals surface area contributed by atoms with Gasteiger partial charge in [-0.25, -0.2) is 9.97 Å². The maximum atomic E-state index is 5.97. The molecule has 0 amide bonds. The van der Waals surface area contributed by atoms with E-state index in [1.807, 2.05) is 36.5 Å². The van der Waals surface area contributed by atoms with Gasteiger partial charge in [0.2, 0.25) is 0 Å². The second kappa shape index (κ2) is 6.02. The van der Waals surface area contributed by atoms with E-state index in [0.717, 1.165) is 17.9 Å². The maximum absolute atomic E-state index is 5.97. The van der Waals surface area contributed by atoms with Crippen LogP contribution in [0.2, 0.25) is 5.15 Å². The minimum absolute atomic E-state index is 0.461. The van der Waals surface area contributed by atoms with Crippen molar-refractivity contribution in [3.63, 3.8) is 0 Å². The molecule has 0 atom stereocenters. The van der Waals surface area contributed by atoms with Crippen LogP contribution in [0.25, 0.3) is 0 Å². The Bertz CT molecular complexity index is 521. The van der Waals surface area contributed by atoms with Crippen LogP contribution in [0.1, 0.15) is 5.56 Å². The van der Waals surface area contributed by atoms with Gasteiger partial charge in [-0.3, -0.25) is 4.98 Å². The Labute approximate surface area is 115 Å². The second-order valence-electron chi connectivity index (χ2n) is 3.75. The number of anilines is 1. The number of nitrogens with zero attached hydrogens (tertiary/aromatic N) is 4. The van der Waals surface area contributed by atoms with Crippen molar-refractivity contribution in [2.45, 2.75) is 11.7 Å². The molecule has 0 spiro atoms. The summed E-state index contributed by atoms with van der Waals surface area (Å²) in [6, 6.07) is 5.71. The molecule has 2 heterocycles. The molecule has 0 aliphatic carbocycles. The van der Waals surface area contributed by atoms with Crippen LogP contribution < -0.4 is 4.90 Å². The van der Waals surface area contributed by atoms with Crippen LogP contribution in [0.15, 0.2) is 35.7 Å². The van der Waals surface area contributed by atoms with Crippen LogP contribution in [-0.4, -0.2) is 28.3 Å². The number of rotatable bonds is 4. The number of thioether (sulfide) groups is 1. The highest BCUT2D eigenvalue weighted by atomic mass is 35.5. The first-order chi connectivity index (χ1) is 8.69. The number of halogens is 1. The first-order valence-electron chi connectivity index (χ1n) is 5.37. The smallest absolute Gasteiger partial charge is 0.190 e. The third kappa shape index (κ3) is 3.34. The summed E-state index contributed by atoms with van der Waals surface area (Å²) in [5.41, 5.74) is 1.13. The van der Waals surface area contributed by atoms with Crippen molar-refractivity contribution in [3.8, 4) is 0 Å². The van der Waals surface area contributed by atoms with Crippen LogP contribution in [0.5, 0.6) is 0 Å². The van der Waals surface area contributed by atoms with Gasteiger partial charge >= 0.3 is 0 Å². The predicted octanol–water partition coefficient (Wildman–Crippen LogP) is 2.88. The van der Waals surface area contributed by atoms with Gasteiger partial charge in [0, 0.05) is 32.1 Å². The Kier molecular flexibility index (Phi) is 4.38. The molecule has 0 aliphatic rings. The van der Waals surface area contributed by atoms with Gasteiger partial charge in [-0.15, -0.1) is 0 Å². The van der Waals surface area contributed by atoms with E-state index >= 15 is 0 Å². The van der Waals surface area contributed by atoms with E-state index in [4.69, 9.17) is 11.6 Å². The van der Waals surface area contributed by atoms with Crippen molar-refractivity contribution in [1.82, 2.24) is 15.0 Å². The average molecular weight is 281 g/mol. The Balaban J connectivity index is 2.18. The largest absolute Gasteiger partial charge is 0.355 e. The first kappa shape index (κ1) is 13.1. The minimum atomic E-state index is 0.461. The van der Waals surface area contributed by atoms with Crippen LogP contribution in [0.4, 0.5) is 5.82 Å². The van der Waals surface area contributed by atoms with E-state index in [1.165, 1.54) is 11.8 Å². The monoisotopic (exact) mass is 280 g/mol. The fraction of sp³-hybridized carbons (Fsp3) is 0.250. The summed E-state index contributed by atoms with van der Waals surface area (Å²) in [6.45, 7) is 0.731. The fourth-order valence-electron chi connectivity index (χ4n) is 1.52. The van der Waals surface area contributed by atoms with Gasteiger partial charge < -0.3 is 4.90 Å². The fourth-order valence-corrected chi connectivity index (χ4v) is 2.12. The zero-order chi connectivity index (χ0) is 13.0. The molecule has 2 aromatic heterocycles. The lowest BCUT2D eigenvalue weighted by Gasteiger charge is -2.18. The second-order valence-corrected chi connectivity index (χ2v) is 4.91. The predicted molar refractivity (Wildman–Crippen MR) is 75.2 cm³/mol. The molecule has 4 nitrogen and oxygen atoms in total. The molecular weight excluding hydrogens is 268 g/mol. The van der Waals surface area contributed by atoms with E-state index in [0.29, 0.717) is 10.3 Å². The average Bonchev–Trinajstić information content (AvgIpc) is 2.39. The van der Waals surface area contributed by atoms with Gasteiger partial charge in [-0.1, -0.05) is 29.4 Å². The lowest BCUT2D eigenvalue weighted by atomic mass is 10.3. The molecule has 2 rings (SSSR count). The van der Waals surface area contributed by atoms with E-state index < -0.39 is 0 Å². The molecule has 0 bridgehead atoms. The highest BCUT2D eigenvalue weighted by Gasteiger charge is 2.07. The Hall–Kier alpha value is -1.33. The van der Waals surface area contributed by atoms with Crippen molar-refractivity contribution in [2.75, 3.05) is 18.2 Å². The molecule has 0 fully saturated rings. The van der Waals surface area contributed by atoms with E-state index in [1.54, 1.807) is 12.3 Å². The van der Waals surface area contributed by atoms with Gasteiger partial charge in [0.15, 0.2) is 5.16 Å². The first-order valence-corrected chi connectivity index (χ1v) is 6.98. The number of hydrogen-bond acceptors (Lipinski definition) is 5. The molecule has 0 aliphatic heterocycles. The Morgan fingerprint density at radius 1 is 1.39 bits per heavy atom. The van der Waals surface area contributed by atoms with E-state index in [9.17, 15) is 0 Å². The zero-order valence-corrected chi connectivity index (χ0v) is 11.7. The molecular formula is C12H13ClN4S. The van der Waals surface area contributed by atoms with Crippen LogP contribution in [0.3, 0.4) is 0 Å². The molecule has 0 unspecified atom stereocenters. The molecule has 0 radical (unpaired) electrons. The molecule has 2 aromatic rings. The molecule has 0 N–H and O–H groups in total. The highest BCUT2D eigenvalue weighted by molar-refractivity contribution is 7.98. The van der Waals surface area contributed by atoms with Gasteiger partial charge in [0.05, 0.1) is 0 Å². The molecule has 0 saturated carbocycles. The van der Waals surface area contributed by atoms with E-state index in [2.05, 4.69) is 15.0 Å². The summed E-state index contributed by atoms with van der Waals surface area (Å²) in [7, 11) is 1.97. The van der Waals surface area contributed by atoms with Crippen molar-refractivity contribution in [2.24, 2.45) is 0 Å². The van der Waals surface area contributed by atoms with Crippen LogP contribution >= 0.6 is 23.4 Å². The lowest BCUT2D eigenvalue weighted by molar-refractivity contribution is 0.853. The molecule has 0 aromatic carbocycles. The van der Waals surface area contributed by atoms with Gasteiger partial charge in [0.25, 0.3) is 0 Å². The third-order valence-electron chi connectivity index (χ3n) is 2.38. The van der Waals surface area contributed by atoms with Gasteiger partial charge in [-0.2, -0.15) is 0 Å². The Morgan fingerprint density at radius 3 is 2.89 bits per heavy atom. The number of aromatic nitrogens is 3. The van der Waals surface area contributed by atoms with Crippen LogP contribution in [-0.2, 0) is 6.54 Å². The zero-order valence-electron chi connectivity index (χ0n) is 10.2. The number of pyridine rings is 1. The van der Waals surface area contributed by atoms with Gasteiger partial charge in [-0.05, 0) is 17.9 Å². The van der Waals surface area contributed by atoms with E-state index in [-0.39, 0.29) is 0 Å². The van der Waals surface area contributed by atoms with Crippen molar-refractivity contribution in [1.29, 1.82) is 0 Å². The minimum Gasteiger partial charge on any atom is -0.355 e. The summed E-state index contributed by atoms with van der Waals surface area (Å²) in [6.07, 6.45) is 5.53. The third-order valence-corrected chi connectivity index (χ3v) is 3.12. The standard InChI is InChI=1S/C12H13ClN4S/c1-17(8-9-4-3-5-14-7-9)11-6-10(13)15-12(16-11)18-2/h3-7H,8H2,1-2H3. The normalized spacial score (nSPS) is 10.4. The summed E-state index contributed by atoms with van der Waals surface area (Å²) >= 11 is 7.45. The van der Waals surface area contributed by atoms with Crippen molar-refractivity contribution in [3.05, 3.63) is 41.3 Å². The van der Waals surface area contributed by atoms with Crippen molar-refractivity contribution >= 4 is 29.2 Å². The summed E-state index contributed by atoms with van der Waals surface area (Å²) in [4.78, 5) is 14.7. The highest BCUT2D eigenvalue weighted by Crippen LogP contribution is 2.20. The Morgan fingerprint density at radius 2 is 2.22 bits per heavy atom. The van der Waals surface area contributed by atoms with Crippen molar-refractivity contribution < 1.29 is 0 Å².